The first kappa shape index (κ1) is 82.3. The topological polar surface area (TPSA) is 64.5 Å². The van der Waals surface area contributed by atoms with Gasteiger partial charge >= 0.3 is 0 Å². The quantitative estimate of drug-likeness (QED) is 0.135. The molecular weight excluding hydrogens is 1960 g/mol. The average molecular weight is 2040 g/mol. The fraction of sp³-hybridized carbons (Fsp3) is 0.151. The molecule has 522 valence electrons. The molecule has 0 bridgehead atoms. The first-order valence-corrected chi connectivity index (χ1v) is 33.3. The zero-order valence-electron chi connectivity index (χ0n) is 59.5. The first-order valence-electron chi connectivity index (χ1n) is 33.3. The first-order chi connectivity index (χ1) is 47.3. The number of benzene rings is 9. The Labute approximate surface area is 660 Å². The second kappa shape index (κ2) is 39.7. The molecule has 5 heterocycles. The summed E-state index contributed by atoms with van der Waals surface area (Å²) in [6.07, 6.45) is 9.46. The van der Waals surface area contributed by atoms with E-state index in [0.29, 0.717) is 0 Å². The van der Waals surface area contributed by atoms with Crippen LogP contribution in [0.4, 0.5) is 0 Å². The van der Waals surface area contributed by atoms with Gasteiger partial charge in [0.1, 0.15) is 0 Å². The van der Waals surface area contributed by atoms with E-state index in [1.807, 2.05) is 116 Å². The van der Waals surface area contributed by atoms with E-state index in [2.05, 4.69) is 319 Å². The van der Waals surface area contributed by atoms with Crippen molar-refractivity contribution in [3.05, 3.63) is 368 Å². The Morgan fingerprint density at radius 3 is 0.892 bits per heavy atom. The Kier molecular flexibility index (Phi) is 32.0. The number of nitrogens with zero attached hydrogens (tertiary/aromatic N) is 5. The molecule has 0 spiro atoms. The van der Waals surface area contributed by atoms with E-state index in [1.54, 1.807) is 6.20 Å². The molecule has 0 aliphatic heterocycles. The third kappa shape index (κ3) is 24.0. The predicted molar refractivity (Wildman–Crippen MR) is 410 cm³/mol. The number of rotatable bonds is 9. The maximum Gasteiger partial charge on any atom is 0.0198 e. The van der Waals surface area contributed by atoms with Gasteiger partial charge in [0, 0.05) is 111 Å². The molecule has 5 nitrogen and oxygen atoms in total. The van der Waals surface area contributed by atoms with Crippen molar-refractivity contribution in [2.45, 2.75) is 92.4 Å². The Hall–Kier alpha value is -8.67. The Morgan fingerprint density at radius 2 is 0.559 bits per heavy atom. The van der Waals surface area contributed by atoms with E-state index < -0.39 is 0 Å². The second-order valence-electron chi connectivity index (χ2n) is 27.1. The van der Waals surface area contributed by atoms with Gasteiger partial charge in [0.25, 0.3) is 0 Å². The standard InChI is InChI=1S/3C21H20N.C19H16N.C11H8N.4Ir/c2*1-21(2,3)19-12-13-22-20(15-19)18-11-7-10-17(14-18)16-8-5-4-6-9-16;1-21(2,3)19-12-13-20(22-15-19)18-11-7-10-17(14-18)16-8-5-4-6-9-16;1-14-11-19(20-13-15(14)2)18-10-6-9-17(12-18)16-7-4-3-5-8-16;1-2-6-10(7-3-1)11-8-4-5-9-12-11;;;;/h3*4-10,12-15H,1-3H3;3-9,11-13H,1-2H3;1-6,8-9H;;;;/q5*-1;;;;. The van der Waals surface area contributed by atoms with E-state index in [4.69, 9.17) is 0 Å². The van der Waals surface area contributed by atoms with Crippen molar-refractivity contribution in [1.29, 1.82) is 0 Å². The van der Waals surface area contributed by atoms with E-state index in [-0.39, 0.29) is 96.7 Å². The Bertz CT molecular complexity index is 4610. The Balaban J connectivity index is 0.000000201. The van der Waals surface area contributed by atoms with E-state index in [1.165, 1.54) is 72.3 Å². The summed E-state index contributed by atoms with van der Waals surface area (Å²) in [6, 6.07) is 111. The summed E-state index contributed by atoms with van der Waals surface area (Å²) in [6.45, 7) is 24.1. The van der Waals surface area contributed by atoms with Gasteiger partial charge in [-0.1, -0.05) is 232 Å². The molecule has 102 heavy (non-hydrogen) atoms. The van der Waals surface area contributed by atoms with Crippen LogP contribution in [0.5, 0.6) is 0 Å². The molecule has 0 atom stereocenters. The summed E-state index contributed by atoms with van der Waals surface area (Å²) < 4.78 is 0. The third-order valence-electron chi connectivity index (χ3n) is 16.6. The van der Waals surface area contributed by atoms with Gasteiger partial charge in [0.05, 0.1) is 0 Å². The number of aromatic nitrogens is 5. The van der Waals surface area contributed by atoms with Crippen LogP contribution in [-0.2, 0) is 96.7 Å². The Morgan fingerprint density at radius 1 is 0.225 bits per heavy atom. The fourth-order valence-corrected chi connectivity index (χ4v) is 10.6. The van der Waals surface area contributed by atoms with Crippen molar-refractivity contribution in [2.24, 2.45) is 0 Å². The molecule has 0 aliphatic carbocycles. The van der Waals surface area contributed by atoms with Crippen molar-refractivity contribution in [1.82, 2.24) is 24.9 Å². The van der Waals surface area contributed by atoms with Gasteiger partial charge in [0.2, 0.25) is 0 Å². The summed E-state index contributed by atoms with van der Waals surface area (Å²) in [5, 5.41) is 0. The number of aryl methyl sites for hydroxylation is 2. The average Bonchev–Trinajstić information content (AvgIpc) is 0.846. The molecule has 0 saturated carbocycles. The fourth-order valence-electron chi connectivity index (χ4n) is 10.6. The zero-order valence-corrected chi connectivity index (χ0v) is 69.1. The maximum absolute atomic E-state index is 4.62. The van der Waals surface area contributed by atoms with Gasteiger partial charge in [-0.05, 0) is 121 Å². The number of hydrogen-bond acceptors (Lipinski definition) is 5. The van der Waals surface area contributed by atoms with Crippen molar-refractivity contribution >= 4 is 0 Å². The van der Waals surface area contributed by atoms with Gasteiger partial charge in [-0.2, -0.15) is 0 Å². The number of pyridine rings is 5. The SMILES string of the molecule is CC(C)(C)c1ccc(-c2[c-]ccc(-c3ccccc3)c2)nc1.CC(C)(C)c1ccnc(-c2[c-]ccc(-c3ccccc3)c2)c1.CC(C)(C)c1ccnc(-c2[c-]ccc(-c3ccccc3)c2)c1.Cc1cnc(-c2[c-]ccc(-c3ccccc3)c2)cc1C.[Ir].[Ir].[Ir].[Ir].[c-]1ccccc1-c1ccccn1. The minimum absolute atomic E-state index is 0. The third-order valence-corrected chi connectivity index (χ3v) is 16.6. The van der Waals surface area contributed by atoms with Gasteiger partial charge in [0.15, 0.2) is 0 Å². The van der Waals surface area contributed by atoms with Crippen LogP contribution in [-0.4, -0.2) is 24.9 Å². The molecule has 0 amide bonds. The van der Waals surface area contributed by atoms with Crippen LogP contribution in [0.1, 0.15) is 90.1 Å². The molecule has 14 aromatic rings. The second-order valence-corrected chi connectivity index (χ2v) is 27.1. The van der Waals surface area contributed by atoms with Crippen LogP contribution in [0.3, 0.4) is 0 Å². The molecule has 0 aliphatic rings. The minimum atomic E-state index is 0. The van der Waals surface area contributed by atoms with Crippen molar-refractivity contribution in [3.63, 3.8) is 0 Å². The molecule has 0 fully saturated rings. The predicted octanol–water partition coefficient (Wildman–Crippen LogP) is 23.9. The van der Waals surface area contributed by atoms with Crippen LogP contribution in [0.25, 0.3) is 101 Å². The van der Waals surface area contributed by atoms with E-state index in [9.17, 15) is 0 Å². The monoisotopic (exact) mass is 2040 g/mol. The molecule has 0 N–H and O–H groups in total. The van der Waals surface area contributed by atoms with E-state index >= 15 is 0 Å². The molecule has 14 rings (SSSR count). The van der Waals surface area contributed by atoms with Crippen molar-refractivity contribution < 1.29 is 80.4 Å². The molecule has 4 radical (unpaired) electrons. The van der Waals surface area contributed by atoms with Crippen molar-refractivity contribution in [2.75, 3.05) is 0 Å². The van der Waals surface area contributed by atoms with Crippen LogP contribution in [0.15, 0.2) is 310 Å². The van der Waals surface area contributed by atoms with Crippen molar-refractivity contribution in [3.8, 4) is 101 Å². The molecule has 0 saturated heterocycles. The zero-order chi connectivity index (χ0) is 68.9. The smallest absolute Gasteiger partial charge is 0.0198 e. The summed E-state index contributed by atoms with van der Waals surface area (Å²) in [5.74, 6) is 0. The molecule has 9 heteroatoms. The van der Waals surface area contributed by atoms with Crippen LogP contribution < -0.4 is 0 Å². The van der Waals surface area contributed by atoms with Gasteiger partial charge < -0.3 is 24.9 Å². The minimum Gasteiger partial charge on any atom is -0.305 e. The van der Waals surface area contributed by atoms with Crippen LogP contribution >= 0.6 is 0 Å². The van der Waals surface area contributed by atoms with Gasteiger partial charge in [-0.15, -0.1) is 177 Å². The maximum atomic E-state index is 4.62. The summed E-state index contributed by atoms with van der Waals surface area (Å²) in [5.41, 5.74) is 26.3. The summed E-state index contributed by atoms with van der Waals surface area (Å²) in [7, 11) is 0. The normalized spacial score (nSPS) is 10.6. The molecule has 0 unspecified atom stereocenters. The summed E-state index contributed by atoms with van der Waals surface area (Å²) in [4.78, 5) is 22.4. The van der Waals surface area contributed by atoms with E-state index in [0.717, 1.165) is 56.3 Å². The molecule has 9 aromatic carbocycles. The molecule has 5 aromatic heterocycles. The summed E-state index contributed by atoms with van der Waals surface area (Å²) >= 11 is 0. The molecular formula is C93H84Ir4N5-5. The van der Waals surface area contributed by atoms with Crippen LogP contribution in [0, 0.1) is 44.2 Å². The largest absolute Gasteiger partial charge is 0.305 e. The van der Waals surface area contributed by atoms with Gasteiger partial charge in [-0.25, -0.2) is 0 Å². The van der Waals surface area contributed by atoms with Gasteiger partial charge in [-0.3, -0.25) is 0 Å². The number of hydrogen-bond donors (Lipinski definition) is 0. The van der Waals surface area contributed by atoms with Crippen LogP contribution in [0.2, 0.25) is 0 Å².